The number of aliphatic hydroxyl groups is 2. The van der Waals surface area contributed by atoms with E-state index in [1.807, 2.05) is 6.08 Å². The number of rotatable bonds is 0. The van der Waals surface area contributed by atoms with Crippen molar-refractivity contribution in [3.63, 3.8) is 0 Å². The normalized spacial score (nSPS) is 48.9. The van der Waals surface area contributed by atoms with Gasteiger partial charge in [-0.25, -0.2) is 0 Å². The zero-order chi connectivity index (χ0) is 14.8. The lowest BCUT2D eigenvalue weighted by atomic mass is 9.52. The van der Waals surface area contributed by atoms with E-state index < -0.39 is 0 Å². The number of hydrogen-bond acceptors (Lipinski definition) is 3. The zero-order valence-corrected chi connectivity index (χ0v) is 12.6. The molecule has 2 N–H and O–H groups in total. The SMILES string of the molecule is C[C@]12CC[C@@H]3[C@H]4C(=O)C=C(O)C=C4CC[C@H]3[C@@H]1CC[C@@H]2O. The zero-order valence-electron chi connectivity index (χ0n) is 12.6. The van der Waals surface area contributed by atoms with Gasteiger partial charge in [-0.05, 0) is 67.8 Å². The number of carbonyl (C=O) groups is 1. The largest absolute Gasteiger partial charge is 0.508 e. The van der Waals surface area contributed by atoms with Gasteiger partial charge in [0.15, 0.2) is 5.78 Å². The quantitative estimate of drug-likeness (QED) is 0.720. The van der Waals surface area contributed by atoms with E-state index in [0.717, 1.165) is 44.1 Å². The van der Waals surface area contributed by atoms with Gasteiger partial charge in [0.1, 0.15) is 5.76 Å². The first-order valence-electron chi connectivity index (χ1n) is 8.34. The van der Waals surface area contributed by atoms with Crippen LogP contribution in [0.2, 0.25) is 0 Å². The van der Waals surface area contributed by atoms with Gasteiger partial charge < -0.3 is 10.2 Å². The second kappa shape index (κ2) is 4.45. The Hall–Kier alpha value is -1.09. The summed E-state index contributed by atoms with van der Waals surface area (Å²) < 4.78 is 0. The van der Waals surface area contributed by atoms with Crippen molar-refractivity contribution < 1.29 is 15.0 Å². The molecule has 0 amide bonds. The van der Waals surface area contributed by atoms with Crippen LogP contribution in [-0.2, 0) is 4.79 Å². The van der Waals surface area contributed by atoms with Crippen LogP contribution in [0.3, 0.4) is 0 Å². The first kappa shape index (κ1) is 13.6. The first-order chi connectivity index (χ1) is 10.0. The highest BCUT2D eigenvalue weighted by Gasteiger charge is 2.56. The van der Waals surface area contributed by atoms with Crippen molar-refractivity contribution in [2.24, 2.45) is 29.1 Å². The maximum absolute atomic E-state index is 12.4. The van der Waals surface area contributed by atoms with Gasteiger partial charge in [-0.1, -0.05) is 12.5 Å². The second-order valence-electron chi connectivity index (χ2n) is 7.78. The molecule has 3 saturated carbocycles. The average Bonchev–Trinajstić information content (AvgIpc) is 2.74. The van der Waals surface area contributed by atoms with Crippen molar-refractivity contribution in [1.82, 2.24) is 0 Å². The van der Waals surface area contributed by atoms with Crippen LogP contribution in [0.1, 0.15) is 45.4 Å². The molecule has 3 nitrogen and oxygen atoms in total. The lowest BCUT2D eigenvalue weighted by Gasteiger charge is -2.52. The molecular weight excluding hydrogens is 264 g/mol. The van der Waals surface area contributed by atoms with Crippen LogP contribution < -0.4 is 0 Å². The summed E-state index contributed by atoms with van der Waals surface area (Å²) in [6.45, 7) is 2.26. The second-order valence-corrected chi connectivity index (χ2v) is 7.78. The van der Waals surface area contributed by atoms with Crippen molar-refractivity contribution in [3.8, 4) is 0 Å². The fourth-order valence-electron chi connectivity index (χ4n) is 5.91. The van der Waals surface area contributed by atoms with E-state index in [1.165, 1.54) is 6.08 Å². The molecule has 0 aliphatic heterocycles. The molecule has 0 saturated heterocycles. The summed E-state index contributed by atoms with van der Waals surface area (Å²) >= 11 is 0. The summed E-state index contributed by atoms with van der Waals surface area (Å²) in [4.78, 5) is 12.4. The minimum atomic E-state index is -0.161. The monoisotopic (exact) mass is 288 g/mol. The summed E-state index contributed by atoms with van der Waals surface area (Å²) in [5, 5.41) is 20.0. The highest BCUT2D eigenvalue weighted by atomic mass is 16.3. The molecule has 6 atom stereocenters. The summed E-state index contributed by atoms with van der Waals surface area (Å²) in [6.07, 6.45) is 9.22. The van der Waals surface area contributed by atoms with Crippen LogP contribution in [0.25, 0.3) is 0 Å². The van der Waals surface area contributed by atoms with Gasteiger partial charge in [-0.15, -0.1) is 0 Å². The third kappa shape index (κ3) is 1.79. The molecule has 3 fully saturated rings. The molecule has 3 heteroatoms. The molecular formula is C18H24O3. The predicted octanol–water partition coefficient (Wildman–Crippen LogP) is 3.15. The van der Waals surface area contributed by atoms with Crippen molar-refractivity contribution in [1.29, 1.82) is 0 Å². The van der Waals surface area contributed by atoms with Crippen LogP contribution in [0, 0.1) is 29.1 Å². The van der Waals surface area contributed by atoms with Gasteiger partial charge in [-0.2, -0.15) is 0 Å². The predicted molar refractivity (Wildman–Crippen MR) is 79.6 cm³/mol. The van der Waals surface area contributed by atoms with E-state index in [-0.39, 0.29) is 29.0 Å². The number of allylic oxidation sites excluding steroid dienone is 3. The molecule has 0 spiro atoms. The molecule has 0 aromatic rings. The van der Waals surface area contributed by atoms with Crippen molar-refractivity contribution in [2.45, 2.75) is 51.6 Å². The third-order valence-electron chi connectivity index (χ3n) is 6.97. The van der Waals surface area contributed by atoms with E-state index in [0.29, 0.717) is 17.8 Å². The van der Waals surface area contributed by atoms with Gasteiger partial charge in [0, 0.05) is 12.0 Å². The molecule has 21 heavy (non-hydrogen) atoms. The highest BCUT2D eigenvalue weighted by Crippen LogP contribution is 2.61. The maximum atomic E-state index is 12.4. The number of carbonyl (C=O) groups excluding carboxylic acids is 1. The Morgan fingerprint density at radius 3 is 2.76 bits per heavy atom. The Morgan fingerprint density at radius 2 is 1.95 bits per heavy atom. The number of hydrogen-bond donors (Lipinski definition) is 2. The van der Waals surface area contributed by atoms with E-state index in [9.17, 15) is 15.0 Å². The summed E-state index contributed by atoms with van der Waals surface area (Å²) in [7, 11) is 0. The van der Waals surface area contributed by atoms with Gasteiger partial charge in [0.2, 0.25) is 0 Å². The number of aliphatic hydroxyl groups excluding tert-OH is 2. The average molecular weight is 288 g/mol. The Balaban J connectivity index is 1.67. The highest BCUT2D eigenvalue weighted by molar-refractivity contribution is 5.96. The molecule has 4 rings (SSSR count). The van der Waals surface area contributed by atoms with Crippen LogP contribution in [0.5, 0.6) is 0 Å². The molecule has 0 radical (unpaired) electrons. The van der Waals surface area contributed by atoms with E-state index in [2.05, 4.69) is 6.92 Å². The summed E-state index contributed by atoms with van der Waals surface area (Å²) in [5.74, 6) is 1.79. The lowest BCUT2D eigenvalue weighted by Crippen LogP contribution is -2.48. The Kier molecular flexibility index (Phi) is 2.88. The lowest BCUT2D eigenvalue weighted by molar-refractivity contribution is -0.123. The van der Waals surface area contributed by atoms with E-state index >= 15 is 0 Å². The number of fused-ring (bicyclic) bond motifs is 5. The molecule has 0 aromatic carbocycles. The smallest absolute Gasteiger partial charge is 0.166 e. The summed E-state index contributed by atoms with van der Waals surface area (Å²) in [6, 6.07) is 0. The molecule has 4 aliphatic rings. The Morgan fingerprint density at radius 1 is 1.14 bits per heavy atom. The van der Waals surface area contributed by atoms with Gasteiger partial charge in [-0.3, -0.25) is 4.79 Å². The van der Waals surface area contributed by atoms with Crippen LogP contribution in [0.4, 0.5) is 0 Å². The molecule has 0 aromatic heterocycles. The van der Waals surface area contributed by atoms with Gasteiger partial charge in [0.05, 0.1) is 6.10 Å². The molecule has 0 heterocycles. The van der Waals surface area contributed by atoms with Crippen molar-refractivity contribution >= 4 is 5.78 Å². The maximum Gasteiger partial charge on any atom is 0.166 e. The topological polar surface area (TPSA) is 57.5 Å². The first-order valence-corrected chi connectivity index (χ1v) is 8.34. The van der Waals surface area contributed by atoms with E-state index in [1.54, 1.807) is 0 Å². The fourth-order valence-corrected chi connectivity index (χ4v) is 5.91. The molecule has 0 unspecified atom stereocenters. The van der Waals surface area contributed by atoms with Crippen LogP contribution in [-0.4, -0.2) is 22.1 Å². The minimum Gasteiger partial charge on any atom is -0.508 e. The third-order valence-corrected chi connectivity index (χ3v) is 6.97. The Labute approximate surface area is 125 Å². The minimum absolute atomic E-state index is 0.00180. The van der Waals surface area contributed by atoms with Gasteiger partial charge in [0.25, 0.3) is 0 Å². The summed E-state index contributed by atoms with van der Waals surface area (Å²) in [5.41, 5.74) is 1.21. The van der Waals surface area contributed by atoms with Crippen LogP contribution in [0.15, 0.2) is 23.5 Å². The van der Waals surface area contributed by atoms with E-state index in [4.69, 9.17) is 0 Å². The fraction of sp³-hybridized carbons (Fsp3) is 0.722. The standard InChI is InChI=1S/C18H24O3/c1-18-7-6-13-12(14(18)4-5-16(18)21)3-2-10-8-11(19)9-15(20)17(10)13/h8-9,12-14,16-17,19,21H,2-7H2,1H3/t12-,13+,14+,16+,17+,18+/m1/s1. The Bertz CT molecular complexity index is 547. The molecule has 114 valence electrons. The number of ketones is 1. The van der Waals surface area contributed by atoms with Crippen LogP contribution >= 0.6 is 0 Å². The van der Waals surface area contributed by atoms with Gasteiger partial charge >= 0.3 is 0 Å². The molecule has 0 bridgehead atoms. The van der Waals surface area contributed by atoms with Crippen molar-refractivity contribution in [3.05, 3.63) is 23.5 Å². The molecule has 4 aliphatic carbocycles. The van der Waals surface area contributed by atoms with Crippen molar-refractivity contribution in [2.75, 3.05) is 0 Å².